The molecule has 1 aromatic carbocycles. The van der Waals surface area contributed by atoms with Crippen LogP contribution in [0.4, 0.5) is 16.2 Å². The number of benzene rings is 1. The number of carbonyl (C=O) groups excluding carboxylic acids is 2. The van der Waals surface area contributed by atoms with Crippen molar-refractivity contribution in [1.29, 1.82) is 0 Å². The highest BCUT2D eigenvalue weighted by molar-refractivity contribution is 6.00. The molecule has 6 heteroatoms. The van der Waals surface area contributed by atoms with Gasteiger partial charge in [0.2, 0.25) is 5.91 Å². The topological polar surface area (TPSA) is 79.5 Å². The van der Waals surface area contributed by atoms with Crippen LogP contribution in [0.2, 0.25) is 0 Å². The summed E-state index contributed by atoms with van der Waals surface area (Å²) in [6, 6.07) is 5.08. The Hall–Kier alpha value is -2.08. The number of hydrogen-bond acceptors (Lipinski definition) is 3. The SMILES string of the molecule is COCC(=O)Nc1c(C)cccc1NC(=O)NC(C)(C)C. The number of amides is 3. The predicted octanol–water partition coefficient (Wildman–Crippen LogP) is 2.50. The largest absolute Gasteiger partial charge is 0.375 e. The lowest BCUT2D eigenvalue weighted by Gasteiger charge is -2.22. The molecule has 0 atom stereocenters. The Bertz CT molecular complexity index is 521. The van der Waals surface area contributed by atoms with E-state index in [1.165, 1.54) is 7.11 Å². The third-order valence-corrected chi connectivity index (χ3v) is 2.55. The van der Waals surface area contributed by atoms with Gasteiger partial charge >= 0.3 is 6.03 Å². The van der Waals surface area contributed by atoms with E-state index in [0.717, 1.165) is 5.56 Å². The van der Waals surface area contributed by atoms with Crippen LogP contribution in [-0.4, -0.2) is 31.2 Å². The monoisotopic (exact) mass is 293 g/mol. The lowest BCUT2D eigenvalue weighted by Crippen LogP contribution is -2.43. The van der Waals surface area contributed by atoms with E-state index >= 15 is 0 Å². The van der Waals surface area contributed by atoms with Crippen LogP contribution < -0.4 is 16.0 Å². The van der Waals surface area contributed by atoms with Crippen LogP contribution in [0.15, 0.2) is 18.2 Å². The minimum absolute atomic E-state index is 0.0397. The molecule has 0 saturated heterocycles. The summed E-state index contributed by atoms with van der Waals surface area (Å²) in [6.07, 6.45) is 0. The molecule has 3 N–H and O–H groups in total. The van der Waals surface area contributed by atoms with E-state index in [2.05, 4.69) is 16.0 Å². The standard InChI is InChI=1S/C15H23N3O3/c1-10-7-6-8-11(13(10)17-12(19)9-21-5)16-14(20)18-15(2,3)4/h6-8H,9H2,1-5H3,(H,17,19)(H2,16,18,20). The normalized spacial score (nSPS) is 10.9. The molecule has 0 spiro atoms. The van der Waals surface area contributed by atoms with Crippen LogP contribution in [-0.2, 0) is 9.53 Å². The maximum Gasteiger partial charge on any atom is 0.319 e. The summed E-state index contributed by atoms with van der Waals surface area (Å²) >= 11 is 0. The fourth-order valence-corrected chi connectivity index (χ4v) is 1.74. The van der Waals surface area contributed by atoms with E-state index in [9.17, 15) is 9.59 Å². The van der Waals surface area contributed by atoms with Crippen molar-refractivity contribution in [1.82, 2.24) is 5.32 Å². The van der Waals surface area contributed by atoms with Gasteiger partial charge in [-0.2, -0.15) is 0 Å². The Kier molecular flexibility index (Phi) is 5.72. The van der Waals surface area contributed by atoms with E-state index in [1.54, 1.807) is 6.07 Å². The third kappa shape index (κ3) is 5.83. The first-order valence-corrected chi connectivity index (χ1v) is 6.70. The predicted molar refractivity (Wildman–Crippen MR) is 83.6 cm³/mol. The highest BCUT2D eigenvalue weighted by Gasteiger charge is 2.16. The molecular weight excluding hydrogens is 270 g/mol. The maximum absolute atomic E-state index is 11.9. The van der Waals surface area contributed by atoms with Crippen LogP contribution in [0.1, 0.15) is 26.3 Å². The number of para-hydroxylation sites is 1. The molecule has 0 bridgehead atoms. The van der Waals surface area contributed by atoms with Crippen LogP contribution >= 0.6 is 0 Å². The summed E-state index contributed by atoms with van der Waals surface area (Å²) in [5.41, 5.74) is 1.63. The van der Waals surface area contributed by atoms with Gasteiger partial charge in [0, 0.05) is 12.6 Å². The second-order valence-corrected chi connectivity index (χ2v) is 5.81. The van der Waals surface area contributed by atoms with Crippen molar-refractivity contribution in [3.05, 3.63) is 23.8 Å². The van der Waals surface area contributed by atoms with Gasteiger partial charge < -0.3 is 20.7 Å². The molecule has 0 radical (unpaired) electrons. The van der Waals surface area contributed by atoms with Gasteiger partial charge in [-0.1, -0.05) is 12.1 Å². The number of carbonyl (C=O) groups is 2. The lowest BCUT2D eigenvalue weighted by molar-refractivity contribution is -0.119. The van der Waals surface area contributed by atoms with Gasteiger partial charge in [-0.3, -0.25) is 4.79 Å². The Balaban J connectivity index is 2.89. The molecule has 1 rings (SSSR count). The summed E-state index contributed by atoms with van der Waals surface area (Å²) in [4.78, 5) is 23.6. The maximum atomic E-state index is 11.9. The van der Waals surface area contributed by atoms with Gasteiger partial charge in [-0.25, -0.2) is 4.79 Å². The van der Waals surface area contributed by atoms with E-state index in [-0.39, 0.29) is 24.1 Å². The lowest BCUT2D eigenvalue weighted by atomic mass is 10.1. The van der Waals surface area contributed by atoms with Crippen molar-refractivity contribution in [2.24, 2.45) is 0 Å². The van der Waals surface area contributed by atoms with E-state index in [0.29, 0.717) is 11.4 Å². The quantitative estimate of drug-likeness (QED) is 0.798. The van der Waals surface area contributed by atoms with Gasteiger partial charge in [-0.15, -0.1) is 0 Å². The molecule has 116 valence electrons. The molecule has 0 aliphatic rings. The average Bonchev–Trinajstić information content (AvgIpc) is 2.31. The minimum Gasteiger partial charge on any atom is -0.375 e. The zero-order chi connectivity index (χ0) is 16.0. The van der Waals surface area contributed by atoms with Crippen molar-refractivity contribution >= 4 is 23.3 Å². The van der Waals surface area contributed by atoms with Gasteiger partial charge in [0.15, 0.2) is 0 Å². The Morgan fingerprint density at radius 2 is 1.86 bits per heavy atom. The number of hydrogen-bond donors (Lipinski definition) is 3. The highest BCUT2D eigenvalue weighted by atomic mass is 16.5. The number of methoxy groups -OCH3 is 1. The summed E-state index contributed by atoms with van der Waals surface area (Å²) in [7, 11) is 1.45. The van der Waals surface area contributed by atoms with Gasteiger partial charge in [0.1, 0.15) is 6.61 Å². The smallest absolute Gasteiger partial charge is 0.319 e. The molecule has 0 aliphatic carbocycles. The van der Waals surface area contributed by atoms with Gasteiger partial charge in [-0.05, 0) is 39.3 Å². The summed E-state index contributed by atoms with van der Waals surface area (Å²) in [5, 5.41) is 8.30. The Labute approximate surface area is 125 Å². The molecule has 0 fully saturated rings. The van der Waals surface area contributed by atoms with Gasteiger partial charge in [0.25, 0.3) is 0 Å². The second-order valence-electron chi connectivity index (χ2n) is 5.81. The summed E-state index contributed by atoms with van der Waals surface area (Å²) in [5.74, 6) is -0.272. The molecule has 1 aromatic rings. The number of nitrogens with one attached hydrogen (secondary N) is 3. The molecule has 0 saturated carbocycles. The molecule has 0 heterocycles. The summed E-state index contributed by atoms with van der Waals surface area (Å²) in [6.45, 7) is 7.50. The van der Waals surface area contributed by atoms with Crippen LogP contribution in [0.25, 0.3) is 0 Å². The fourth-order valence-electron chi connectivity index (χ4n) is 1.74. The molecular formula is C15H23N3O3. The van der Waals surface area contributed by atoms with Crippen molar-refractivity contribution in [2.75, 3.05) is 24.4 Å². The average molecular weight is 293 g/mol. The second kappa shape index (κ2) is 7.08. The van der Waals surface area contributed by atoms with Gasteiger partial charge in [0.05, 0.1) is 11.4 Å². The molecule has 6 nitrogen and oxygen atoms in total. The fraction of sp³-hybridized carbons (Fsp3) is 0.467. The first kappa shape index (κ1) is 17.0. The number of ether oxygens (including phenoxy) is 1. The van der Waals surface area contributed by atoms with E-state index in [4.69, 9.17) is 4.74 Å². The Morgan fingerprint density at radius 1 is 1.19 bits per heavy atom. The highest BCUT2D eigenvalue weighted by Crippen LogP contribution is 2.25. The molecule has 21 heavy (non-hydrogen) atoms. The number of anilines is 2. The first-order valence-electron chi connectivity index (χ1n) is 6.70. The Morgan fingerprint density at radius 3 is 2.43 bits per heavy atom. The molecule has 3 amide bonds. The first-order chi connectivity index (χ1) is 9.73. The third-order valence-electron chi connectivity index (χ3n) is 2.55. The number of aryl methyl sites for hydroxylation is 1. The van der Waals surface area contributed by atoms with Crippen LogP contribution in [0.3, 0.4) is 0 Å². The van der Waals surface area contributed by atoms with E-state index < -0.39 is 0 Å². The number of urea groups is 1. The zero-order valence-electron chi connectivity index (χ0n) is 13.2. The van der Waals surface area contributed by atoms with Crippen molar-refractivity contribution in [3.8, 4) is 0 Å². The molecule has 0 unspecified atom stereocenters. The number of rotatable bonds is 4. The van der Waals surface area contributed by atoms with E-state index in [1.807, 2.05) is 39.8 Å². The van der Waals surface area contributed by atoms with Crippen molar-refractivity contribution < 1.29 is 14.3 Å². The zero-order valence-corrected chi connectivity index (χ0v) is 13.2. The molecule has 0 aromatic heterocycles. The van der Waals surface area contributed by atoms with Crippen LogP contribution in [0.5, 0.6) is 0 Å². The van der Waals surface area contributed by atoms with Crippen molar-refractivity contribution in [3.63, 3.8) is 0 Å². The van der Waals surface area contributed by atoms with Crippen LogP contribution in [0, 0.1) is 6.92 Å². The minimum atomic E-state index is -0.340. The molecule has 0 aliphatic heterocycles. The van der Waals surface area contributed by atoms with Crippen molar-refractivity contribution in [2.45, 2.75) is 33.2 Å². The summed E-state index contributed by atoms with van der Waals surface area (Å²) < 4.78 is 4.79.